The highest BCUT2D eigenvalue weighted by atomic mass is 35.5. The summed E-state index contributed by atoms with van der Waals surface area (Å²) in [5.74, 6) is 0.823. The van der Waals surface area contributed by atoms with Crippen molar-refractivity contribution < 1.29 is 13.9 Å². The molecule has 0 atom stereocenters. The number of hydrogen-bond donors (Lipinski definition) is 1. The summed E-state index contributed by atoms with van der Waals surface area (Å²) in [5.41, 5.74) is 0.728. The number of rotatable bonds is 7. The zero-order valence-electron chi connectivity index (χ0n) is 11.7. The van der Waals surface area contributed by atoms with Gasteiger partial charge in [0.1, 0.15) is 17.3 Å². The van der Waals surface area contributed by atoms with Gasteiger partial charge in [-0.1, -0.05) is 23.7 Å². The fraction of sp³-hybridized carbons (Fsp3) is 0.250. The summed E-state index contributed by atoms with van der Waals surface area (Å²) in [6.07, 6.45) is 0. The zero-order chi connectivity index (χ0) is 15.1. The van der Waals surface area contributed by atoms with Gasteiger partial charge < -0.3 is 14.8 Å². The van der Waals surface area contributed by atoms with E-state index in [1.807, 2.05) is 12.1 Å². The minimum absolute atomic E-state index is 0.301. The Labute approximate surface area is 128 Å². The summed E-state index contributed by atoms with van der Waals surface area (Å²) in [7, 11) is 1.63. The van der Waals surface area contributed by atoms with E-state index in [9.17, 15) is 4.39 Å². The Morgan fingerprint density at radius 3 is 2.71 bits per heavy atom. The summed E-state index contributed by atoms with van der Waals surface area (Å²) < 4.78 is 24.1. The molecular weight excluding hydrogens is 293 g/mol. The Morgan fingerprint density at radius 1 is 1.14 bits per heavy atom. The van der Waals surface area contributed by atoms with E-state index in [2.05, 4.69) is 5.32 Å². The molecule has 0 aromatic heterocycles. The topological polar surface area (TPSA) is 30.5 Å². The van der Waals surface area contributed by atoms with Crippen LogP contribution in [-0.4, -0.2) is 20.3 Å². The van der Waals surface area contributed by atoms with Crippen LogP contribution < -0.4 is 10.1 Å². The van der Waals surface area contributed by atoms with Gasteiger partial charge in [0.05, 0.1) is 11.6 Å². The van der Waals surface area contributed by atoms with Crippen molar-refractivity contribution in [3.63, 3.8) is 0 Å². The molecule has 1 N–H and O–H groups in total. The van der Waals surface area contributed by atoms with Crippen LogP contribution in [0.2, 0.25) is 5.02 Å². The molecule has 21 heavy (non-hydrogen) atoms. The second-order valence-corrected chi connectivity index (χ2v) is 4.86. The van der Waals surface area contributed by atoms with Gasteiger partial charge in [0.15, 0.2) is 0 Å². The molecule has 0 aliphatic carbocycles. The number of ether oxygens (including phenoxy) is 2. The molecule has 3 nitrogen and oxygen atoms in total. The molecule has 0 heterocycles. The van der Waals surface area contributed by atoms with E-state index < -0.39 is 0 Å². The van der Waals surface area contributed by atoms with Crippen LogP contribution in [0.25, 0.3) is 0 Å². The van der Waals surface area contributed by atoms with Gasteiger partial charge in [-0.05, 0) is 30.3 Å². The maximum absolute atomic E-state index is 13.4. The van der Waals surface area contributed by atoms with Crippen molar-refractivity contribution in [3.8, 4) is 11.5 Å². The van der Waals surface area contributed by atoms with E-state index in [0.29, 0.717) is 36.2 Å². The minimum Gasteiger partial charge on any atom is -0.455 e. The number of methoxy groups -OCH3 is 1. The van der Waals surface area contributed by atoms with Crippen LogP contribution in [0.4, 0.5) is 4.39 Å². The van der Waals surface area contributed by atoms with Gasteiger partial charge in [-0.2, -0.15) is 0 Å². The summed E-state index contributed by atoms with van der Waals surface area (Å²) in [4.78, 5) is 0. The molecular formula is C16H17ClFNO2. The van der Waals surface area contributed by atoms with Crippen molar-refractivity contribution in [3.05, 3.63) is 58.9 Å². The third kappa shape index (κ3) is 4.70. The molecule has 0 unspecified atom stereocenters. The maximum Gasteiger partial charge on any atom is 0.146 e. The largest absolute Gasteiger partial charge is 0.455 e. The third-order valence-electron chi connectivity index (χ3n) is 2.88. The molecule has 2 aromatic rings. The van der Waals surface area contributed by atoms with Crippen LogP contribution >= 0.6 is 11.6 Å². The van der Waals surface area contributed by atoms with Crippen molar-refractivity contribution in [2.45, 2.75) is 6.54 Å². The molecule has 2 aromatic carbocycles. The second kappa shape index (κ2) is 7.98. The van der Waals surface area contributed by atoms with Gasteiger partial charge in [-0.15, -0.1) is 0 Å². The summed E-state index contributed by atoms with van der Waals surface area (Å²) in [5, 5.41) is 3.68. The molecule has 0 aliphatic rings. The molecule has 0 radical (unpaired) electrons. The quantitative estimate of drug-likeness (QED) is 0.784. The van der Waals surface area contributed by atoms with Crippen LogP contribution in [0, 0.1) is 5.82 Å². The highest BCUT2D eigenvalue weighted by Crippen LogP contribution is 2.31. The number of benzene rings is 2. The van der Waals surface area contributed by atoms with Gasteiger partial charge in [-0.25, -0.2) is 4.39 Å². The van der Waals surface area contributed by atoms with Crippen molar-refractivity contribution in [2.75, 3.05) is 20.3 Å². The lowest BCUT2D eigenvalue weighted by molar-refractivity contribution is 0.199. The molecule has 2 rings (SSSR count). The minimum atomic E-state index is -0.301. The van der Waals surface area contributed by atoms with Crippen molar-refractivity contribution in [2.24, 2.45) is 0 Å². The van der Waals surface area contributed by atoms with Crippen LogP contribution in [0.3, 0.4) is 0 Å². The van der Waals surface area contributed by atoms with Gasteiger partial charge in [0.25, 0.3) is 0 Å². The average molecular weight is 310 g/mol. The molecule has 0 saturated carbocycles. The number of nitrogens with one attached hydrogen (secondary N) is 1. The van der Waals surface area contributed by atoms with Crippen LogP contribution in [0.5, 0.6) is 11.5 Å². The first-order valence-corrected chi connectivity index (χ1v) is 6.99. The Hall–Kier alpha value is -1.62. The molecule has 0 bridgehead atoms. The lowest BCUT2D eigenvalue weighted by Gasteiger charge is -2.13. The first-order valence-electron chi connectivity index (χ1n) is 6.61. The molecule has 0 amide bonds. The fourth-order valence-corrected chi connectivity index (χ4v) is 2.00. The van der Waals surface area contributed by atoms with Gasteiger partial charge in [-0.3, -0.25) is 0 Å². The fourth-order valence-electron chi connectivity index (χ4n) is 1.83. The lowest BCUT2D eigenvalue weighted by atomic mass is 10.2. The van der Waals surface area contributed by atoms with Crippen molar-refractivity contribution in [1.29, 1.82) is 0 Å². The molecule has 0 aliphatic heterocycles. The predicted octanol–water partition coefficient (Wildman–Crippen LogP) is 4.01. The molecule has 0 fully saturated rings. The number of para-hydroxylation sites is 1. The number of hydrogen-bond acceptors (Lipinski definition) is 3. The molecule has 5 heteroatoms. The molecule has 112 valence electrons. The smallest absolute Gasteiger partial charge is 0.146 e. The van der Waals surface area contributed by atoms with Gasteiger partial charge in [0, 0.05) is 25.8 Å². The summed E-state index contributed by atoms with van der Waals surface area (Å²) in [6, 6.07) is 11.6. The van der Waals surface area contributed by atoms with Gasteiger partial charge >= 0.3 is 0 Å². The zero-order valence-corrected chi connectivity index (χ0v) is 12.5. The molecule has 0 spiro atoms. The van der Waals surface area contributed by atoms with Gasteiger partial charge in [0.2, 0.25) is 0 Å². The maximum atomic E-state index is 13.4. The second-order valence-electron chi connectivity index (χ2n) is 4.45. The van der Waals surface area contributed by atoms with E-state index in [1.54, 1.807) is 25.3 Å². The first kappa shape index (κ1) is 15.8. The lowest BCUT2D eigenvalue weighted by Crippen LogP contribution is -2.19. The van der Waals surface area contributed by atoms with E-state index in [4.69, 9.17) is 21.1 Å². The third-order valence-corrected chi connectivity index (χ3v) is 3.19. The predicted molar refractivity (Wildman–Crippen MR) is 81.5 cm³/mol. The van der Waals surface area contributed by atoms with Crippen LogP contribution in [-0.2, 0) is 11.3 Å². The van der Waals surface area contributed by atoms with Crippen LogP contribution in [0.1, 0.15) is 5.56 Å². The van der Waals surface area contributed by atoms with E-state index >= 15 is 0 Å². The first-order chi connectivity index (χ1) is 10.2. The van der Waals surface area contributed by atoms with E-state index in [1.165, 1.54) is 12.1 Å². The SMILES string of the molecule is COCCNCc1cc(F)ccc1Oc1ccccc1Cl. The van der Waals surface area contributed by atoms with E-state index in [-0.39, 0.29) is 5.82 Å². The van der Waals surface area contributed by atoms with Crippen molar-refractivity contribution in [1.82, 2.24) is 5.32 Å². The molecule has 0 saturated heterocycles. The van der Waals surface area contributed by atoms with E-state index in [0.717, 1.165) is 5.56 Å². The standard InChI is InChI=1S/C16H17ClFNO2/c1-20-9-8-19-11-12-10-13(18)6-7-15(12)21-16-5-3-2-4-14(16)17/h2-7,10,19H,8-9,11H2,1H3. The van der Waals surface area contributed by atoms with Crippen molar-refractivity contribution >= 4 is 11.6 Å². The summed E-state index contributed by atoms with van der Waals surface area (Å²) in [6.45, 7) is 1.76. The Kier molecular flexibility index (Phi) is 5.99. The monoisotopic (exact) mass is 309 g/mol. The van der Waals surface area contributed by atoms with Crippen LogP contribution in [0.15, 0.2) is 42.5 Å². The Balaban J connectivity index is 2.13. The Bertz CT molecular complexity index is 592. The summed E-state index contributed by atoms with van der Waals surface area (Å²) >= 11 is 6.07. The highest BCUT2D eigenvalue weighted by Gasteiger charge is 2.08. The normalized spacial score (nSPS) is 10.6. The Morgan fingerprint density at radius 2 is 1.95 bits per heavy atom. The number of halogens is 2. The highest BCUT2D eigenvalue weighted by molar-refractivity contribution is 6.32. The average Bonchev–Trinajstić information content (AvgIpc) is 2.48.